The maximum Gasteiger partial charge on any atom is 0.242 e. The van der Waals surface area contributed by atoms with Gasteiger partial charge in [-0.3, -0.25) is 4.79 Å². The van der Waals surface area contributed by atoms with E-state index >= 15 is 0 Å². The van der Waals surface area contributed by atoms with E-state index in [9.17, 15) is 22.0 Å². The number of anilines is 2. The first kappa shape index (κ1) is 23.6. The third-order valence-electron chi connectivity index (χ3n) is 4.33. The van der Waals surface area contributed by atoms with Crippen molar-refractivity contribution in [3.05, 3.63) is 48.0 Å². The van der Waals surface area contributed by atoms with Crippen LogP contribution in [-0.4, -0.2) is 41.6 Å². The molecule has 0 fully saturated rings. The van der Waals surface area contributed by atoms with Gasteiger partial charge in [-0.15, -0.1) is 0 Å². The lowest BCUT2D eigenvalue weighted by molar-refractivity contribution is -0.118. The van der Waals surface area contributed by atoms with Gasteiger partial charge in [0.1, 0.15) is 17.5 Å². The normalized spacial score (nSPS) is 12.5. The van der Waals surface area contributed by atoms with Crippen LogP contribution < -0.4 is 19.7 Å². The average molecular weight is 442 g/mol. The van der Waals surface area contributed by atoms with Crippen LogP contribution in [0.15, 0.2) is 41.3 Å². The van der Waals surface area contributed by atoms with Gasteiger partial charge in [-0.1, -0.05) is 13.8 Å². The number of benzene rings is 2. The number of sulfonamides is 1. The summed E-state index contributed by atoms with van der Waals surface area (Å²) in [5.41, 5.74) is -0.358. The summed E-state index contributed by atoms with van der Waals surface area (Å²) in [5.74, 6) is -2.39. The zero-order valence-electron chi connectivity index (χ0n) is 17.4. The van der Waals surface area contributed by atoms with E-state index in [1.807, 2.05) is 0 Å². The Balaban J connectivity index is 2.24. The number of hydrogen-bond acceptors (Lipinski definition) is 5. The number of nitrogens with one attached hydrogen (secondary N) is 2. The van der Waals surface area contributed by atoms with E-state index in [1.165, 1.54) is 50.4 Å². The van der Waals surface area contributed by atoms with E-state index in [4.69, 9.17) is 4.74 Å². The van der Waals surface area contributed by atoms with Crippen LogP contribution in [0.5, 0.6) is 5.75 Å². The standard InChI is InChI=1S/C20H25F2N3O4S/c1-12(2)18(24-30(27,28)15-8-6-14(29-5)7-9-15)20(26)23-13-10-16(21)19(25(3)4)17(22)11-13/h6-12,18,24H,1-5H3,(H,23,26)/t18-/m0/s1. The van der Waals surface area contributed by atoms with Crippen molar-refractivity contribution in [2.75, 3.05) is 31.4 Å². The van der Waals surface area contributed by atoms with E-state index in [1.54, 1.807) is 13.8 Å². The molecule has 0 unspecified atom stereocenters. The smallest absolute Gasteiger partial charge is 0.242 e. The van der Waals surface area contributed by atoms with Crippen LogP contribution >= 0.6 is 0 Å². The van der Waals surface area contributed by atoms with Crippen LogP contribution in [0.25, 0.3) is 0 Å². The summed E-state index contributed by atoms with van der Waals surface area (Å²) >= 11 is 0. The Morgan fingerprint density at radius 3 is 2.03 bits per heavy atom. The summed E-state index contributed by atoms with van der Waals surface area (Å²) in [6, 6.07) is 6.45. The summed E-state index contributed by atoms with van der Waals surface area (Å²) in [7, 11) is 0.411. The Labute approximate surface area is 175 Å². The molecule has 0 heterocycles. The van der Waals surface area contributed by atoms with Gasteiger partial charge in [0, 0.05) is 19.8 Å². The lowest BCUT2D eigenvalue weighted by Gasteiger charge is -2.22. The molecule has 30 heavy (non-hydrogen) atoms. The zero-order chi connectivity index (χ0) is 22.6. The fraction of sp³-hybridized carbons (Fsp3) is 0.350. The summed E-state index contributed by atoms with van der Waals surface area (Å²) in [5, 5.41) is 2.38. The number of nitrogens with zero attached hydrogens (tertiary/aromatic N) is 1. The molecule has 0 aliphatic carbocycles. The highest BCUT2D eigenvalue weighted by atomic mass is 32.2. The van der Waals surface area contributed by atoms with Crippen LogP contribution in [0.4, 0.5) is 20.2 Å². The predicted molar refractivity (Wildman–Crippen MR) is 111 cm³/mol. The number of carbonyl (C=O) groups is 1. The van der Waals surface area contributed by atoms with Crippen molar-refractivity contribution in [2.45, 2.75) is 24.8 Å². The molecule has 7 nitrogen and oxygen atoms in total. The van der Waals surface area contributed by atoms with Crippen molar-refractivity contribution in [1.29, 1.82) is 0 Å². The van der Waals surface area contributed by atoms with Gasteiger partial charge in [-0.2, -0.15) is 4.72 Å². The first-order valence-electron chi connectivity index (χ1n) is 9.10. The van der Waals surface area contributed by atoms with Crippen molar-refractivity contribution in [3.63, 3.8) is 0 Å². The maximum absolute atomic E-state index is 14.2. The number of carbonyl (C=O) groups excluding carboxylic acids is 1. The molecule has 0 spiro atoms. The van der Waals surface area contributed by atoms with Crippen LogP contribution in [0.2, 0.25) is 0 Å². The fourth-order valence-corrected chi connectivity index (χ4v) is 4.11. The molecule has 0 bridgehead atoms. The lowest BCUT2D eigenvalue weighted by atomic mass is 10.0. The first-order chi connectivity index (χ1) is 14.0. The van der Waals surface area contributed by atoms with Gasteiger partial charge in [0.05, 0.1) is 12.0 Å². The average Bonchev–Trinajstić information content (AvgIpc) is 2.65. The van der Waals surface area contributed by atoms with Crippen LogP contribution in [0, 0.1) is 17.6 Å². The fourth-order valence-electron chi connectivity index (χ4n) is 2.77. The van der Waals surface area contributed by atoms with Crippen molar-refractivity contribution >= 4 is 27.3 Å². The molecule has 2 aromatic rings. The second-order valence-corrected chi connectivity index (χ2v) is 8.90. The van der Waals surface area contributed by atoms with E-state index in [-0.39, 0.29) is 16.3 Å². The van der Waals surface area contributed by atoms with Gasteiger partial charge in [-0.25, -0.2) is 17.2 Å². The summed E-state index contributed by atoms with van der Waals surface area (Å²) < 4.78 is 61.0. The van der Waals surface area contributed by atoms with Crippen molar-refractivity contribution < 1.29 is 26.7 Å². The highest BCUT2D eigenvalue weighted by molar-refractivity contribution is 7.89. The highest BCUT2D eigenvalue weighted by Gasteiger charge is 2.29. The number of methoxy groups -OCH3 is 1. The molecule has 0 aromatic heterocycles. The van der Waals surface area contributed by atoms with Gasteiger partial charge in [-0.05, 0) is 42.3 Å². The van der Waals surface area contributed by atoms with Gasteiger partial charge >= 0.3 is 0 Å². The topological polar surface area (TPSA) is 87.7 Å². The molecule has 2 N–H and O–H groups in total. The second-order valence-electron chi connectivity index (χ2n) is 7.19. The SMILES string of the molecule is COc1ccc(S(=O)(=O)N[C@H](C(=O)Nc2cc(F)c(N(C)C)c(F)c2)C(C)C)cc1. The number of halogens is 2. The van der Waals surface area contributed by atoms with E-state index in [0.717, 1.165) is 12.1 Å². The Bertz CT molecular complexity index is 986. The molecule has 164 valence electrons. The number of hydrogen-bond donors (Lipinski definition) is 2. The molecule has 0 saturated heterocycles. The molecule has 2 rings (SSSR count). The zero-order valence-corrected chi connectivity index (χ0v) is 18.2. The van der Waals surface area contributed by atoms with Crippen LogP contribution in [0.3, 0.4) is 0 Å². The second kappa shape index (κ2) is 9.40. The summed E-state index contributed by atoms with van der Waals surface area (Å²) in [6.45, 7) is 3.30. The van der Waals surface area contributed by atoms with Gasteiger partial charge < -0.3 is 15.0 Å². The molecule has 0 aliphatic heterocycles. The van der Waals surface area contributed by atoms with E-state index in [0.29, 0.717) is 5.75 Å². The van der Waals surface area contributed by atoms with Crippen molar-refractivity contribution in [3.8, 4) is 5.75 Å². The van der Waals surface area contributed by atoms with Gasteiger partial charge in [0.2, 0.25) is 15.9 Å². The first-order valence-corrected chi connectivity index (χ1v) is 10.6. The molecule has 10 heteroatoms. The summed E-state index contributed by atoms with van der Waals surface area (Å²) in [6.07, 6.45) is 0. The minimum atomic E-state index is -4.02. The quantitative estimate of drug-likeness (QED) is 0.658. The molecule has 1 atom stereocenters. The monoisotopic (exact) mass is 441 g/mol. The van der Waals surface area contributed by atoms with Crippen LogP contribution in [0.1, 0.15) is 13.8 Å². The Kier molecular flexibility index (Phi) is 7.38. The van der Waals surface area contributed by atoms with Crippen molar-refractivity contribution in [2.24, 2.45) is 5.92 Å². The largest absolute Gasteiger partial charge is 0.497 e. The van der Waals surface area contributed by atoms with Crippen LogP contribution in [-0.2, 0) is 14.8 Å². The predicted octanol–water partition coefficient (Wildman–Crippen LogP) is 2.98. The third kappa shape index (κ3) is 5.45. The Morgan fingerprint density at radius 1 is 1.07 bits per heavy atom. The van der Waals surface area contributed by atoms with Crippen molar-refractivity contribution in [1.82, 2.24) is 4.72 Å². The molecule has 0 aliphatic rings. The van der Waals surface area contributed by atoms with Gasteiger partial charge in [0.15, 0.2) is 11.6 Å². The number of rotatable bonds is 8. The minimum absolute atomic E-state index is 0.0471. The van der Waals surface area contributed by atoms with Gasteiger partial charge in [0.25, 0.3) is 0 Å². The minimum Gasteiger partial charge on any atom is -0.497 e. The van der Waals surface area contributed by atoms with E-state index < -0.39 is 39.5 Å². The molecular weight excluding hydrogens is 416 g/mol. The number of amides is 1. The Morgan fingerprint density at radius 2 is 1.60 bits per heavy atom. The molecule has 0 radical (unpaired) electrons. The molecule has 1 amide bonds. The highest BCUT2D eigenvalue weighted by Crippen LogP contribution is 2.26. The summed E-state index contributed by atoms with van der Waals surface area (Å²) in [4.78, 5) is 13.9. The molecule has 0 saturated carbocycles. The lowest BCUT2D eigenvalue weighted by Crippen LogP contribution is -2.47. The van der Waals surface area contributed by atoms with E-state index in [2.05, 4.69) is 10.0 Å². The number of ether oxygens (including phenoxy) is 1. The molecule has 2 aromatic carbocycles. The third-order valence-corrected chi connectivity index (χ3v) is 5.79. The molecular formula is C20H25F2N3O4S. The maximum atomic E-state index is 14.2. The Hall–Kier alpha value is -2.72.